The Kier molecular flexibility index (Phi) is 49.1. The van der Waals surface area contributed by atoms with Gasteiger partial charge in [-0.1, -0.05) is 290 Å². The summed E-state index contributed by atoms with van der Waals surface area (Å²) in [4.78, 5) is 23.3. The molecule has 9 heteroatoms. The Labute approximate surface area is 412 Å². The summed E-state index contributed by atoms with van der Waals surface area (Å²) in [6.07, 6.45) is 58.7. The quantitative estimate of drug-likeness (QED) is 0.0319. The molecule has 0 fully saturated rings. The van der Waals surface area contributed by atoms with E-state index in [2.05, 4.69) is 19.2 Å². The molecule has 0 saturated heterocycles. The first-order valence-electron chi connectivity index (χ1n) is 29.4. The molecule has 3 atom stereocenters. The fourth-order valence-corrected chi connectivity index (χ4v) is 9.96. The van der Waals surface area contributed by atoms with Gasteiger partial charge in [0.15, 0.2) is 0 Å². The van der Waals surface area contributed by atoms with Gasteiger partial charge in [-0.05, 0) is 12.8 Å². The van der Waals surface area contributed by atoms with E-state index >= 15 is 0 Å². The van der Waals surface area contributed by atoms with E-state index in [-0.39, 0.29) is 19.1 Å². The minimum atomic E-state index is -4.32. The maximum Gasteiger partial charge on any atom is 0.472 e. The van der Waals surface area contributed by atoms with E-state index in [1.165, 1.54) is 244 Å². The lowest BCUT2D eigenvalue weighted by Crippen LogP contribution is -2.46. The lowest BCUT2D eigenvalue weighted by atomic mass is 10.0. The Morgan fingerprint density at radius 2 is 0.727 bits per heavy atom. The number of rotatable bonds is 55. The first-order chi connectivity index (χ1) is 32.0. The van der Waals surface area contributed by atoms with Crippen molar-refractivity contribution < 1.29 is 32.9 Å². The highest BCUT2D eigenvalue weighted by Crippen LogP contribution is 2.43. The molecule has 0 bridgehead atoms. The zero-order valence-corrected chi connectivity index (χ0v) is 46.1. The SMILES string of the molecule is CCCCCCCCCCCCCCCCCCCCCCCCCC(O)C(COP(=O)(O)OCC[N+](C)(C)C)NC(=O)CCCCCCCCCCCCCCCCCCCCCCC. The second-order valence-electron chi connectivity index (χ2n) is 21.7. The predicted octanol–water partition coefficient (Wildman–Crippen LogP) is 17.7. The molecule has 0 heterocycles. The largest absolute Gasteiger partial charge is 0.472 e. The molecule has 8 nitrogen and oxygen atoms in total. The summed E-state index contributed by atoms with van der Waals surface area (Å²) in [6, 6.07) is -0.755. The van der Waals surface area contributed by atoms with Crippen LogP contribution in [0.25, 0.3) is 0 Å². The van der Waals surface area contributed by atoms with Crippen molar-refractivity contribution in [3.63, 3.8) is 0 Å². The summed E-state index contributed by atoms with van der Waals surface area (Å²) in [7, 11) is 1.64. The Morgan fingerprint density at radius 3 is 1.02 bits per heavy atom. The zero-order chi connectivity index (χ0) is 48.5. The summed E-state index contributed by atoms with van der Waals surface area (Å²) in [5.41, 5.74) is 0. The van der Waals surface area contributed by atoms with Gasteiger partial charge in [-0.2, -0.15) is 0 Å². The lowest BCUT2D eigenvalue weighted by Gasteiger charge is -2.26. The number of unbranched alkanes of at least 4 members (excludes halogenated alkanes) is 42. The molecule has 0 aliphatic rings. The van der Waals surface area contributed by atoms with Crippen molar-refractivity contribution >= 4 is 13.7 Å². The summed E-state index contributed by atoms with van der Waals surface area (Å²) < 4.78 is 23.8. The molecule has 0 aliphatic carbocycles. The van der Waals surface area contributed by atoms with Crippen molar-refractivity contribution in [3.8, 4) is 0 Å². The van der Waals surface area contributed by atoms with Gasteiger partial charge < -0.3 is 19.8 Å². The first kappa shape index (κ1) is 65.5. The Morgan fingerprint density at radius 1 is 0.455 bits per heavy atom. The van der Waals surface area contributed by atoms with E-state index in [0.717, 1.165) is 38.5 Å². The van der Waals surface area contributed by atoms with Gasteiger partial charge in [0.1, 0.15) is 13.2 Å². The Balaban J connectivity index is 4.12. The zero-order valence-electron chi connectivity index (χ0n) is 45.2. The highest BCUT2D eigenvalue weighted by molar-refractivity contribution is 7.47. The van der Waals surface area contributed by atoms with Crippen LogP contribution in [0.1, 0.15) is 309 Å². The van der Waals surface area contributed by atoms with Crippen molar-refractivity contribution in [3.05, 3.63) is 0 Å². The van der Waals surface area contributed by atoms with Crippen LogP contribution in [-0.2, 0) is 18.4 Å². The molecule has 0 radical (unpaired) electrons. The van der Waals surface area contributed by atoms with E-state index in [4.69, 9.17) is 9.05 Å². The number of amides is 1. The van der Waals surface area contributed by atoms with Gasteiger partial charge in [0.25, 0.3) is 0 Å². The smallest absolute Gasteiger partial charge is 0.391 e. The van der Waals surface area contributed by atoms with Gasteiger partial charge >= 0.3 is 7.82 Å². The third-order valence-electron chi connectivity index (χ3n) is 13.9. The molecule has 3 N–H and O–H groups in total. The van der Waals surface area contributed by atoms with Crippen LogP contribution < -0.4 is 5.32 Å². The van der Waals surface area contributed by atoms with Crippen LogP contribution in [0.3, 0.4) is 0 Å². The fourth-order valence-electron chi connectivity index (χ4n) is 9.23. The van der Waals surface area contributed by atoms with E-state index in [1.54, 1.807) is 0 Å². The van der Waals surface area contributed by atoms with E-state index in [1.807, 2.05) is 21.1 Å². The Hall–Kier alpha value is -0.500. The molecule has 1 amide bonds. The molecule has 0 rings (SSSR count). The maximum absolute atomic E-state index is 13.0. The van der Waals surface area contributed by atoms with Gasteiger partial charge in [-0.25, -0.2) is 4.57 Å². The van der Waals surface area contributed by atoms with Gasteiger partial charge in [0, 0.05) is 6.42 Å². The number of hydrogen-bond donors (Lipinski definition) is 3. The maximum atomic E-state index is 13.0. The number of carbonyl (C=O) groups excluding carboxylic acids is 1. The van der Waals surface area contributed by atoms with E-state index in [0.29, 0.717) is 23.9 Å². The van der Waals surface area contributed by atoms with E-state index in [9.17, 15) is 19.4 Å². The number of hydrogen-bond acceptors (Lipinski definition) is 5. The summed E-state index contributed by atoms with van der Waals surface area (Å²) in [5.74, 6) is -0.136. The van der Waals surface area contributed by atoms with Crippen LogP contribution >= 0.6 is 7.82 Å². The molecule has 396 valence electrons. The summed E-state index contributed by atoms with van der Waals surface area (Å²) in [6.45, 7) is 4.95. The van der Waals surface area contributed by atoms with Crippen molar-refractivity contribution in [1.82, 2.24) is 5.32 Å². The highest BCUT2D eigenvalue weighted by atomic mass is 31.2. The third kappa shape index (κ3) is 51.4. The van der Waals surface area contributed by atoms with Crippen molar-refractivity contribution in [2.75, 3.05) is 40.9 Å². The van der Waals surface area contributed by atoms with Crippen LogP contribution in [0.15, 0.2) is 0 Å². The van der Waals surface area contributed by atoms with Crippen LogP contribution in [0, 0.1) is 0 Å². The van der Waals surface area contributed by atoms with Crippen LogP contribution in [0.4, 0.5) is 0 Å². The molecule has 3 unspecified atom stereocenters. The average Bonchev–Trinajstić information content (AvgIpc) is 3.28. The topological polar surface area (TPSA) is 105 Å². The molecule has 0 aliphatic heterocycles. The molecule has 0 aromatic heterocycles. The van der Waals surface area contributed by atoms with Gasteiger partial charge in [-0.3, -0.25) is 13.8 Å². The van der Waals surface area contributed by atoms with Crippen molar-refractivity contribution in [2.24, 2.45) is 0 Å². The molecule has 0 saturated carbocycles. The lowest BCUT2D eigenvalue weighted by molar-refractivity contribution is -0.870. The third-order valence-corrected chi connectivity index (χ3v) is 14.8. The number of nitrogens with one attached hydrogen (secondary N) is 1. The number of phosphoric acid groups is 1. The summed E-state index contributed by atoms with van der Waals surface area (Å²) >= 11 is 0. The number of quaternary nitrogens is 1. The summed E-state index contributed by atoms with van der Waals surface area (Å²) in [5, 5.41) is 14.1. The minimum absolute atomic E-state index is 0.0792. The highest BCUT2D eigenvalue weighted by Gasteiger charge is 2.28. The van der Waals surface area contributed by atoms with Gasteiger partial charge in [0.05, 0.1) is 39.9 Å². The monoisotopic (exact) mass is 958 g/mol. The van der Waals surface area contributed by atoms with Crippen LogP contribution in [0.5, 0.6) is 0 Å². The van der Waals surface area contributed by atoms with Gasteiger partial charge in [0.2, 0.25) is 5.91 Å². The minimum Gasteiger partial charge on any atom is -0.391 e. The number of carbonyl (C=O) groups is 1. The fraction of sp³-hybridized carbons (Fsp3) is 0.982. The second-order valence-corrected chi connectivity index (χ2v) is 23.2. The number of aliphatic hydroxyl groups is 1. The Bertz CT molecular complexity index is 1040. The second kappa shape index (κ2) is 49.5. The molecule has 0 aromatic carbocycles. The van der Waals surface area contributed by atoms with Crippen molar-refractivity contribution in [1.29, 1.82) is 0 Å². The first-order valence-corrected chi connectivity index (χ1v) is 30.9. The number of nitrogens with zero attached hydrogens (tertiary/aromatic N) is 1. The number of aliphatic hydroxyl groups excluding tert-OH is 1. The standard InChI is InChI=1S/C57H117N2O6P/c1-6-8-10-12-14-16-18-20-22-24-26-28-29-31-32-34-36-38-40-42-44-46-48-50-56(60)55(54-65-66(62,63)64-53-52-59(3,4)5)58-57(61)51-49-47-45-43-41-39-37-35-33-30-27-25-23-21-19-17-15-13-11-9-7-2/h55-56,60H,6-54H2,1-5H3,(H-,58,61,62,63)/p+1. The normalized spacial score (nSPS) is 13.9. The van der Waals surface area contributed by atoms with Gasteiger partial charge in [-0.15, -0.1) is 0 Å². The van der Waals surface area contributed by atoms with Crippen LogP contribution in [-0.4, -0.2) is 73.4 Å². The van der Waals surface area contributed by atoms with E-state index < -0.39 is 20.0 Å². The average molecular weight is 959 g/mol. The predicted molar refractivity (Wildman–Crippen MR) is 286 cm³/mol. The molecule has 0 aromatic rings. The number of phosphoric ester groups is 1. The molecular weight excluding hydrogens is 840 g/mol. The molecule has 66 heavy (non-hydrogen) atoms. The molecule has 0 spiro atoms. The van der Waals surface area contributed by atoms with Crippen LogP contribution in [0.2, 0.25) is 0 Å². The molecular formula is C57H118N2O6P+. The van der Waals surface area contributed by atoms with Crippen molar-refractivity contribution in [2.45, 2.75) is 321 Å². The number of likely N-dealkylation sites (N-methyl/N-ethyl adjacent to an activating group) is 1.